The van der Waals surface area contributed by atoms with Crippen molar-refractivity contribution in [3.8, 4) is 29.0 Å². The fourth-order valence-corrected chi connectivity index (χ4v) is 3.58. The van der Waals surface area contributed by atoms with Crippen LogP contribution < -0.4 is 15.2 Å². The van der Waals surface area contributed by atoms with E-state index in [1.807, 2.05) is 24.3 Å². The van der Waals surface area contributed by atoms with E-state index in [2.05, 4.69) is 16.3 Å². The first-order valence-corrected chi connectivity index (χ1v) is 9.04. The highest BCUT2D eigenvalue weighted by Crippen LogP contribution is 2.46. The van der Waals surface area contributed by atoms with E-state index in [9.17, 15) is 5.26 Å². The first-order valence-electron chi connectivity index (χ1n) is 8.28. The Labute approximate surface area is 171 Å². The number of ether oxygens (including phenoxy) is 2. The normalized spacial score (nSPS) is 15.6. The number of fused-ring (bicyclic) bond motifs is 1. The molecule has 140 valence electrons. The van der Waals surface area contributed by atoms with Crippen LogP contribution in [0.4, 0.5) is 0 Å². The zero-order valence-electron chi connectivity index (χ0n) is 14.7. The molecule has 6 nitrogen and oxygen atoms in total. The van der Waals surface area contributed by atoms with Crippen LogP contribution in [0.15, 0.2) is 53.9 Å². The van der Waals surface area contributed by atoms with Crippen molar-refractivity contribution in [2.24, 2.45) is 5.73 Å². The fourth-order valence-electron chi connectivity index (χ4n) is 3.27. The minimum absolute atomic E-state index is 0.00904. The van der Waals surface area contributed by atoms with Gasteiger partial charge in [-0.2, -0.15) is 5.26 Å². The summed E-state index contributed by atoms with van der Waals surface area (Å²) in [5, 5.41) is 17.8. The third-order valence-electron chi connectivity index (χ3n) is 4.57. The van der Waals surface area contributed by atoms with Gasteiger partial charge in [0.25, 0.3) is 0 Å². The van der Waals surface area contributed by atoms with Crippen molar-refractivity contribution in [1.82, 2.24) is 10.2 Å². The Morgan fingerprint density at radius 1 is 1.21 bits per heavy atom. The summed E-state index contributed by atoms with van der Waals surface area (Å²) < 4.78 is 10.9. The first-order chi connectivity index (χ1) is 13.5. The van der Waals surface area contributed by atoms with Gasteiger partial charge in [-0.15, -0.1) is 5.10 Å². The van der Waals surface area contributed by atoms with Gasteiger partial charge in [0, 0.05) is 5.56 Å². The molecular formula is C20H14Cl2N4O2. The second-order valence-electron chi connectivity index (χ2n) is 6.15. The molecule has 1 atom stereocenters. The highest BCUT2D eigenvalue weighted by atomic mass is 35.5. The summed E-state index contributed by atoms with van der Waals surface area (Å²) in [6.07, 6.45) is 0. The van der Waals surface area contributed by atoms with Crippen LogP contribution >= 0.6 is 23.2 Å². The highest BCUT2D eigenvalue weighted by molar-refractivity contribution is 6.42. The molecule has 1 aromatic heterocycles. The largest absolute Gasteiger partial charge is 0.497 e. The molecule has 0 aliphatic carbocycles. The third kappa shape index (κ3) is 2.95. The van der Waals surface area contributed by atoms with Crippen LogP contribution in [0, 0.1) is 11.3 Å². The molecule has 0 saturated heterocycles. The number of methoxy groups -OCH3 is 1. The number of nitrogens with two attached hydrogens (primary N) is 1. The molecule has 0 radical (unpaired) electrons. The molecule has 2 aromatic carbocycles. The lowest BCUT2D eigenvalue weighted by molar-refractivity contribution is 0.379. The van der Waals surface area contributed by atoms with Crippen molar-refractivity contribution < 1.29 is 9.47 Å². The van der Waals surface area contributed by atoms with Crippen LogP contribution in [0.25, 0.3) is 11.3 Å². The Morgan fingerprint density at radius 3 is 2.75 bits per heavy atom. The van der Waals surface area contributed by atoms with Gasteiger partial charge in [-0.05, 0) is 29.8 Å². The molecule has 3 N–H and O–H groups in total. The number of aromatic nitrogens is 2. The zero-order valence-corrected chi connectivity index (χ0v) is 16.2. The first kappa shape index (κ1) is 18.2. The molecule has 0 bridgehead atoms. The number of allylic oxidation sites excluding steroid dienone is 1. The van der Waals surface area contributed by atoms with Gasteiger partial charge in [0.2, 0.25) is 11.8 Å². The molecule has 8 heteroatoms. The molecule has 3 aromatic rings. The van der Waals surface area contributed by atoms with E-state index in [0.29, 0.717) is 32.9 Å². The topological polar surface area (TPSA) is 97.0 Å². The predicted octanol–water partition coefficient (Wildman–Crippen LogP) is 4.61. The number of hydrogen-bond donors (Lipinski definition) is 2. The third-order valence-corrected chi connectivity index (χ3v) is 5.31. The van der Waals surface area contributed by atoms with Crippen molar-refractivity contribution >= 4 is 23.2 Å². The average Bonchev–Trinajstić information content (AvgIpc) is 3.12. The maximum atomic E-state index is 9.75. The van der Waals surface area contributed by atoms with E-state index in [-0.39, 0.29) is 11.5 Å². The summed E-state index contributed by atoms with van der Waals surface area (Å²) in [6, 6.07) is 14.9. The summed E-state index contributed by atoms with van der Waals surface area (Å²) in [6.45, 7) is 0. The number of rotatable bonds is 3. The number of hydrogen-bond acceptors (Lipinski definition) is 5. The quantitative estimate of drug-likeness (QED) is 0.654. The number of nitriles is 1. The van der Waals surface area contributed by atoms with Crippen LogP contribution in [-0.2, 0) is 0 Å². The monoisotopic (exact) mass is 412 g/mol. The predicted molar refractivity (Wildman–Crippen MR) is 106 cm³/mol. The Kier molecular flexibility index (Phi) is 4.63. The molecule has 1 aliphatic rings. The number of aromatic amines is 1. The summed E-state index contributed by atoms with van der Waals surface area (Å²) >= 11 is 12.3. The molecular weight excluding hydrogens is 399 g/mol. The smallest absolute Gasteiger partial charge is 0.244 e. The fraction of sp³-hybridized carbons (Fsp3) is 0.100. The van der Waals surface area contributed by atoms with Crippen LogP contribution in [-0.4, -0.2) is 17.3 Å². The SMILES string of the molecule is COc1cccc(-c2[nH]nc3c2[C@H](c2ccc(Cl)c(Cl)c2)C(C#N)=C(N)O3)c1. The maximum absolute atomic E-state index is 9.75. The second kappa shape index (κ2) is 7.12. The lowest BCUT2D eigenvalue weighted by atomic mass is 9.83. The Morgan fingerprint density at radius 2 is 2.04 bits per heavy atom. The van der Waals surface area contributed by atoms with Gasteiger partial charge < -0.3 is 15.2 Å². The van der Waals surface area contributed by atoms with Crippen molar-refractivity contribution in [3.63, 3.8) is 0 Å². The van der Waals surface area contributed by atoms with Gasteiger partial charge in [0.1, 0.15) is 17.4 Å². The average molecular weight is 413 g/mol. The molecule has 0 saturated carbocycles. The van der Waals surface area contributed by atoms with E-state index >= 15 is 0 Å². The summed E-state index contributed by atoms with van der Waals surface area (Å²) in [7, 11) is 1.60. The maximum Gasteiger partial charge on any atom is 0.244 e. The minimum atomic E-state index is -0.511. The number of halogens is 2. The van der Waals surface area contributed by atoms with Crippen molar-refractivity contribution in [2.75, 3.05) is 7.11 Å². The van der Waals surface area contributed by atoms with E-state index in [4.69, 9.17) is 38.4 Å². The number of nitrogens with zero attached hydrogens (tertiary/aromatic N) is 2. The van der Waals surface area contributed by atoms with Gasteiger partial charge in [0.15, 0.2) is 0 Å². The summed E-state index contributed by atoms with van der Waals surface area (Å²) in [5.41, 5.74) is 9.25. The van der Waals surface area contributed by atoms with E-state index in [0.717, 1.165) is 11.1 Å². The molecule has 2 heterocycles. The van der Waals surface area contributed by atoms with Gasteiger partial charge >= 0.3 is 0 Å². The molecule has 1 aliphatic heterocycles. The summed E-state index contributed by atoms with van der Waals surface area (Å²) in [4.78, 5) is 0. The van der Waals surface area contributed by atoms with E-state index < -0.39 is 5.92 Å². The Hall–Kier alpha value is -3.14. The van der Waals surface area contributed by atoms with Gasteiger partial charge in [-0.25, -0.2) is 0 Å². The van der Waals surface area contributed by atoms with E-state index in [1.54, 1.807) is 25.3 Å². The molecule has 0 unspecified atom stereocenters. The van der Waals surface area contributed by atoms with Gasteiger partial charge in [0.05, 0.1) is 34.3 Å². The molecule has 28 heavy (non-hydrogen) atoms. The highest BCUT2D eigenvalue weighted by Gasteiger charge is 2.35. The zero-order chi connectivity index (χ0) is 19.8. The lowest BCUT2D eigenvalue weighted by Gasteiger charge is -2.24. The van der Waals surface area contributed by atoms with Crippen molar-refractivity contribution in [1.29, 1.82) is 5.26 Å². The second-order valence-corrected chi connectivity index (χ2v) is 6.96. The van der Waals surface area contributed by atoms with Crippen LogP contribution in [0.1, 0.15) is 17.0 Å². The van der Waals surface area contributed by atoms with Crippen LogP contribution in [0.3, 0.4) is 0 Å². The van der Waals surface area contributed by atoms with E-state index in [1.165, 1.54) is 0 Å². The minimum Gasteiger partial charge on any atom is -0.497 e. The number of benzene rings is 2. The van der Waals surface area contributed by atoms with Crippen LogP contribution in [0.2, 0.25) is 10.0 Å². The van der Waals surface area contributed by atoms with Crippen LogP contribution in [0.5, 0.6) is 11.6 Å². The standard InChI is InChI=1S/C20H14Cl2N4O2/c1-27-12-4-2-3-11(7-12)18-17-16(10-5-6-14(21)15(22)8-10)13(9-23)19(24)28-20(17)26-25-18/h2-8,16H,24H2,1H3,(H,25,26)/t16-/m1/s1. The number of nitrogens with one attached hydrogen (secondary N) is 1. The Balaban J connectivity index is 1.95. The lowest BCUT2D eigenvalue weighted by Crippen LogP contribution is -2.21. The number of H-pyrrole nitrogens is 1. The molecule has 4 rings (SSSR count). The summed E-state index contributed by atoms with van der Waals surface area (Å²) in [5.74, 6) is 0.503. The van der Waals surface area contributed by atoms with Crippen molar-refractivity contribution in [2.45, 2.75) is 5.92 Å². The van der Waals surface area contributed by atoms with Crippen molar-refractivity contribution in [3.05, 3.63) is 75.1 Å². The Bertz CT molecular complexity index is 1150. The molecule has 0 fully saturated rings. The molecule has 0 spiro atoms. The van der Waals surface area contributed by atoms with Gasteiger partial charge in [-0.3, -0.25) is 5.10 Å². The molecule has 0 amide bonds. The van der Waals surface area contributed by atoms with Gasteiger partial charge in [-0.1, -0.05) is 41.4 Å².